The van der Waals surface area contributed by atoms with E-state index in [2.05, 4.69) is 5.32 Å². The number of methoxy groups -OCH3 is 1. The van der Waals surface area contributed by atoms with E-state index in [0.29, 0.717) is 18.7 Å². The highest BCUT2D eigenvalue weighted by Gasteiger charge is 2.28. The molecule has 2 atom stereocenters. The van der Waals surface area contributed by atoms with E-state index in [9.17, 15) is 14.7 Å². The molecule has 0 bridgehead atoms. The molecule has 2 amide bonds. The second-order valence-electron chi connectivity index (χ2n) is 5.08. The summed E-state index contributed by atoms with van der Waals surface area (Å²) in [6, 6.07) is 7.27. The molecule has 21 heavy (non-hydrogen) atoms. The summed E-state index contributed by atoms with van der Waals surface area (Å²) in [5.41, 5.74) is 0.554. The number of carbonyl (C=O) groups is 2. The SMILES string of the molecule is COC1CCCN(C(=O)NC(C(=O)O)c2ccccc2)C1. The van der Waals surface area contributed by atoms with Gasteiger partial charge in [0.1, 0.15) is 0 Å². The molecule has 6 nitrogen and oxygen atoms in total. The normalized spacial score (nSPS) is 19.9. The Morgan fingerprint density at radius 3 is 2.71 bits per heavy atom. The first-order chi connectivity index (χ1) is 10.1. The van der Waals surface area contributed by atoms with E-state index < -0.39 is 12.0 Å². The molecule has 0 aliphatic carbocycles. The van der Waals surface area contributed by atoms with Gasteiger partial charge >= 0.3 is 12.0 Å². The van der Waals surface area contributed by atoms with Gasteiger partial charge in [-0.2, -0.15) is 0 Å². The second kappa shape index (κ2) is 7.08. The van der Waals surface area contributed by atoms with E-state index in [1.54, 1.807) is 42.3 Å². The van der Waals surface area contributed by atoms with Crippen LogP contribution in [0.3, 0.4) is 0 Å². The van der Waals surface area contributed by atoms with Crippen molar-refractivity contribution in [3.63, 3.8) is 0 Å². The van der Waals surface area contributed by atoms with Crippen LogP contribution < -0.4 is 5.32 Å². The number of piperidine rings is 1. The minimum Gasteiger partial charge on any atom is -0.479 e. The zero-order chi connectivity index (χ0) is 15.2. The minimum atomic E-state index is -1.07. The molecule has 1 aromatic carbocycles. The summed E-state index contributed by atoms with van der Waals surface area (Å²) in [5.74, 6) is -1.07. The summed E-state index contributed by atoms with van der Waals surface area (Å²) in [4.78, 5) is 25.2. The molecule has 1 aromatic rings. The van der Waals surface area contributed by atoms with Crippen molar-refractivity contribution >= 4 is 12.0 Å². The second-order valence-corrected chi connectivity index (χ2v) is 5.08. The first kappa shape index (κ1) is 15.3. The molecule has 1 heterocycles. The molecule has 2 N–H and O–H groups in total. The Balaban J connectivity index is 2.03. The molecule has 0 spiro atoms. The van der Waals surface area contributed by atoms with E-state index in [1.807, 2.05) is 0 Å². The molecular weight excluding hydrogens is 272 g/mol. The van der Waals surface area contributed by atoms with Gasteiger partial charge in [-0.1, -0.05) is 30.3 Å². The molecule has 0 saturated carbocycles. The van der Waals surface area contributed by atoms with Crippen LogP contribution in [0, 0.1) is 0 Å². The van der Waals surface area contributed by atoms with Gasteiger partial charge in [-0.25, -0.2) is 9.59 Å². The van der Waals surface area contributed by atoms with Crippen molar-refractivity contribution in [1.29, 1.82) is 0 Å². The summed E-state index contributed by atoms with van der Waals surface area (Å²) in [6.07, 6.45) is 1.79. The fourth-order valence-corrected chi connectivity index (χ4v) is 2.46. The van der Waals surface area contributed by atoms with Crippen LogP contribution in [0.4, 0.5) is 4.79 Å². The molecule has 0 aromatic heterocycles. The first-order valence-electron chi connectivity index (χ1n) is 6.98. The van der Waals surface area contributed by atoms with Crippen LogP contribution in [0.5, 0.6) is 0 Å². The lowest BCUT2D eigenvalue weighted by Crippen LogP contribution is -2.49. The molecular formula is C15H20N2O4. The number of rotatable bonds is 4. The van der Waals surface area contributed by atoms with Crippen molar-refractivity contribution in [3.8, 4) is 0 Å². The number of carbonyl (C=O) groups excluding carboxylic acids is 1. The van der Waals surface area contributed by atoms with Crippen molar-refractivity contribution in [1.82, 2.24) is 10.2 Å². The number of likely N-dealkylation sites (tertiary alicyclic amines) is 1. The Hall–Kier alpha value is -2.08. The minimum absolute atomic E-state index is 0.0181. The van der Waals surface area contributed by atoms with Crippen molar-refractivity contribution in [2.24, 2.45) is 0 Å². The van der Waals surface area contributed by atoms with Gasteiger partial charge < -0.3 is 20.1 Å². The summed E-state index contributed by atoms with van der Waals surface area (Å²) in [5, 5.41) is 11.9. The number of hydrogen-bond donors (Lipinski definition) is 2. The molecule has 2 unspecified atom stereocenters. The number of amides is 2. The number of aliphatic carboxylic acids is 1. The number of ether oxygens (including phenoxy) is 1. The number of hydrogen-bond acceptors (Lipinski definition) is 3. The third-order valence-corrected chi connectivity index (χ3v) is 3.65. The molecule has 0 radical (unpaired) electrons. The van der Waals surface area contributed by atoms with Gasteiger partial charge in [0, 0.05) is 20.2 Å². The lowest BCUT2D eigenvalue weighted by atomic mass is 10.1. The third-order valence-electron chi connectivity index (χ3n) is 3.65. The van der Waals surface area contributed by atoms with Crippen LogP contribution in [0.25, 0.3) is 0 Å². The monoisotopic (exact) mass is 292 g/mol. The van der Waals surface area contributed by atoms with E-state index in [0.717, 1.165) is 12.8 Å². The smallest absolute Gasteiger partial charge is 0.330 e. The lowest BCUT2D eigenvalue weighted by Gasteiger charge is -2.32. The van der Waals surface area contributed by atoms with Crippen molar-refractivity contribution in [3.05, 3.63) is 35.9 Å². The predicted molar refractivity (Wildman–Crippen MR) is 77.0 cm³/mol. The summed E-state index contributed by atoms with van der Waals surface area (Å²) >= 11 is 0. The fourth-order valence-electron chi connectivity index (χ4n) is 2.46. The van der Waals surface area contributed by atoms with Gasteiger partial charge in [0.15, 0.2) is 6.04 Å². The Kier molecular flexibility index (Phi) is 5.16. The van der Waals surface area contributed by atoms with Gasteiger partial charge in [0.25, 0.3) is 0 Å². The number of nitrogens with one attached hydrogen (secondary N) is 1. The van der Waals surface area contributed by atoms with Gasteiger partial charge in [0.05, 0.1) is 6.10 Å². The highest BCUT2D eigenvalue weighted by Crippen LogP contribution is 2.16. The van der Waals surface area contributed by atoms with Gasteiger partial charge in [-0.3, -0.25) is 0 Å². The first-order valence-corrected chi connectivity index (χ1v) is 6.98. The van der Waals surface area contributed by atoms with Crippen LogP contribution >= 0.6 is 0 Å². The maximum absolute atomic E-state index is 12.2. The average molecular weight is 292 g/mol. The number of nitrogens with zero attached hydrogens (tertiary/aromatic N) is 1. The maximum atomic E-state index is 12.2. The Labute approximate surface area is 123 Å². The van der Waals surface area contributed by atoms with Crippen LogP contribution in [0.1, 0.15) is 24.4 Å². The zero-order valence-electron chi connectivity index (χ0n) is 12.0. The van der Waals surface area contributed by atoms with Gasteiger partial charge in [-0.15, -0.1) is 0 Å². The van der Waals surface area contributed by atoms with Crippen molar-refractivity contribution in [2.45, 2.75) is 25.0 Å². The third kappa shape index (κ3) is 3.95. The molecule has 1 fully saturated rings. The van der Waals surface area contributed by atoms with Crippen LogP contribution in [-0.2, 0) is 9.53 Å². The predicted octanol–water partition coefficient (Wildman–Crippen LogP) is 1.63. The van der Waals surface area contributed by atoms with Crippen molar-refractivity contribution < 1.29 is 19.4 Å². The number of benzene rings is 1. The van der Waals surface area contributed by atoms with E-state index in [-0.39, 0.29) is 12.1 Å². The lowest BCUT2D eigenvalue weighted by molar-refractivity contribution is -0.139. The Morgan fingerprint density at radius 1 is 1.38 bits per heavy atom. The quantitative estimate of drug-likeness (QED) is 0.884. The Morgan fingerprint density at radius 2 is 2.10 bits per heavy atom. The van der Waals surface area contributed by atoms with Gasteiger partial charge in [-0.05, 0) is 18.4 Å². The standard InChI is InChI=1S/C15H20N2O4/c1-21-12-8-5-9-17(10-12)15(20)16-13(14(18)19)11-6-3-2-4-7-11/h2-4,6-7,12-13H,5,8-10H2,1H3,(H,16,20)(H,18,19). The topological polar surface area (TPSA) is 78.9 Å². The number of carboxylic acids is 1. The summed E-state index contributed by atoms with van der Waals surface area (Å²) in [6.45, 7) is 1.11. The molecule has 1 aliphatic rings. The molecule has 1 saturated heterocycles. The van der Waals surface area contributed by atoms with Crippen LogP contribution in [-0.4, -0.2) is 48.3 Å². The Bertz CT molecular complexity index is 492. The van der Waals surface area contributed by atoms with E-state index >= 15 is 0 Å². The summed E-state index contributed by atoms with van der Waals surface area (Å²) < 4.78 is 5.27. The molecule has 2 rings (SSSR count). The largest absolute Gasteiger partial charge is 0.479 e. The molecule has 114 valence electrons. The van der Waals surface area contributed by atoms with Crippen LogP contribution in [0.15, 0.2) is 30.3 Å². The van der Waals surface area contributed by atoms with Crippen LogP contribution in [0.2, 0.25) is 0 Å². The zero-order valence-corrected chi connectivity index (χ0v) is 12.0. The molecule has 1 aliphatic heterocycles. The maximum Gasteiger partial charge on any atom is 0.330 e. The highest BCUT2D eigenvalue weighted by atomic mass is 16.5. The molecule has 6 heteroatoms. The van der Waals surface area contributed by atoms with E-state index in [4.69, 9.17) is 4.74 Å². The number of urea groups is 1. The number of carboxylic acid groups (broad SMARTS) is 1. The fraction of sp³-hybridized carbons (Fsp3) is 0.467. The van der Waals surface area contributed by atoms with Crippen molar-refractivity contribution in [2.75, 3.05) is 20.2 Å². The summed E-state index contributed by atoms with van der Waals surface area (Å²) in [7, 11) is 1.62. The van der Waals surface area contributed by atoms with E-state index in [1.165, 1.54) is 0 Å². The highest BCUT2D eigenvalue weighted by molar-refractivity contribution is 5.83. The van der Waals surface area contributed by atoms with Gasteiger partial charge in [0.2, 0.25) is 0 Å². The average Bonchev–Trinajstić information content (AvgIpc) is 2.53.